The zero-order valence-electron chi connectivity index (χ0n) is 26.6. The van der Waals surface area contributed by atoms with Gasteiger partial charge in [-0.3, -0.25) is 0 Å². The molecular weight excluding hydrogens is 597 g/mol. The highest BCUT2D eigenvalue weighted by Gasteiger charge is 2.18. The van der Waals surface area contributed by atoms with Crippen LogP contribution < -0.4 is 4.90 Å². The molecular formula is C46H30N2O. The number of para-hydroxylation sites is 3. The van der Waals surface area contributed by atoms with Crippen molar-refractivity contribution in [1.29, 1.82) is 0 Å². The van der Waals surface area contributed by atoms with E-state index in [1.54, 1.807) is 0 Å². The second-order valence-corrected chi connectivity index (χ2v) is 12.6. The van der Waals surface area contributed by atoms with E-state index >= 15 is 0 Å². The zero-order valence-corrected chi connectivity index (χ0v) is 26.6. The molecule has 230 valence electrons. The van der Waals surface area contributed by atoms with Crippen LogP contribution in [0.3, 0.4) is 0 Å². The van der Waals surface area contributed by atoms with Crippen LogP contribution in [0.1, 0.15) is 0 Å². The molecule has 0 N–H and O–H groups in total. The summed E-state index contributed by atoms with van der Waals surface area (Å²) in [4.78, 5) is 2.34. The van der Waals surface area contributed by atoms with Crippen molar-refractivity contribution >= 4 is 71.6 Å². The Morgan fingerprint density at radius 3 is 1.80 bits per heavy atom. The van der Waals surface area contributed by atoms with Crippen molar-refractivity contribution < 1.29 is 4.42 Å². The maximum Gasteiger partial charge on any atom is 0.136 e. The van der Waals surface area contributed by atoms with Gasteiger partial charge in [0.1, 0.15) is 11.2 Å². The van der Waals surface area contributed by atoms with Gasteiger partial charge in [-0.05, 0) is 107 Å². The van der Waals surface area contributed by atoms with E-state index in [0.29, 0.717) is 0 Å². The van der Waals surface area contributed by atoms with Crippen molar-refractivity contribution in [3.8, 4) is 16.8 Å². The molecule has 10 rings (SSSR count). The molecule has 0 aliphatic heterocycles. The second kappa shape index (κ2) is 11.0. The first kappa shape index (κ1) is 27.5. The van der Waals surface area contributed by atoms with Crippen LogP contribution in [-0.2, 0) is 0 Å². The number of hydrogen-bond donors (Lipinski definition) is 0. The van der Waals surface area contributed by atoms with Crippen LogP contribution in [0.25, 0.3) is 71.3 Å². The highest BCUT2D eigenvalue weighted by molar-refractivity contribution is 6.12. The van der Waals surface area contributed by atoms with Crippen molar-refractivity contribution in [2.75, 3.05) is 4.90 Å². The van der Waals surface area contributed by atoms with Gasteiger partial charge in [0, 0.05) is 44.3 Å². The summed E-state index contributed by atoms with van der Waals surface area (Å²) in [6.45, 7) is 0. The van der Waals surface area contributed by atoms with Gasteiger partial charge in [0.05, 0.1) is 11.0 Å². The molecule has 3 heteroatoms. The Hall–Kier alpha value is -6.58. The fraction of sp³-hybridized carbons (Fsp3) is 0. The molecule has 0 atom stereocenters. The summed E-state index contributed by atoms with van der Waals surface area (Å²) < 4.78 is 8.64. The Balaban J connectivity index is 1.08. The average molecular weight is 627 g/mol. The van der Waals surface area contributed by atoms with Crippen LogP contribution in [0.2, 0.25) is 0 Å². The van der Waals surface area contributed by atoms with Crippen LogP contribution in [0.5, 0.6) is 0 Å². The normalized spacial score (nSPS) is 11.7. The van der Waals surface area contributed by atoms with E-state index in [1.807, 2.05) is 0 Å². The lowest BCUT2D eigenvalue weighted by Gasteiger charge is -2.26. The second-order valence-electron chi connectivity index (χ2n) is 12.6. The average Bonchev–Trinajstić information content (AvgIpc) is 3.69. The van der Waals surface area contributed by atoms with E-state index in [1.165, 1.54) is 32.6 Å². The molecule has 0 radical (unpaired) electrons. The molecule has 2 aromatic heterocycles. The Labute approximate surface area is 283 Å². The first-order chi connectivity index (χ1) is 24.3. The fourth-order valence-electron chi connectivity index (χ4n) is 7.42. The highest BCUT2D eigenvalue weighted by Crippen LogP contribution is 2.41. The van der Waals surface area contributed by atoms with Gasteiger partial charge >= 0.3 is 0 Å². The molecule has 8 aromatic carbocycles. The Morgan fingerprint density at radius 2 is 0.980 bits per heavy atom. The van der Waals surface area contributed by atoms with Gasteiger partial charge in [0.2, 0.25) is 0 Å². The number of furan rings is 1. The molecule has 0 saturated heterocycles. The van der Waals surface area contributed by atoms with E-state index in [2.05, 4.69) is 191 Å². The third-order valence-corrected chi connectivity index (χ3v) is 9.74. The topological polar surface area (TPSA) is 21.3 Å². The van der Waals surface area contributed by atoms with Crippen LogP contribution in [-0.4, -0.2) is 4.57 Å². The summed E-state index contributed by atoms with van der Waals surface area (Å²) in [6, 6.07) is 65.0. The zero-order chi connectivity index (χ0) is 32.3. The van der Waals surface area contributed by atoms with Gasteiger partial charge in [0.15, 0.2) is 0 Å². The lowest BCUT2D eigenvalue weighted by atomic mass is 10.0. The molecule has 0 aliphatic rings. The Kier molecular flexibility index (Phi) is 6.18. The summed E-state index contributed by atoms with van der Waals surface area (Å²) in [5, 5.41) is 7.15. The van der Waals surface area contributed by atoms with E-state index < -0.39 is 0 Å². The van der Waals surface area contributed by atoms with Gasteiger partial charge in [-0.2, -0.15) is 0 Å². The number of anilines is 3. The molecule has 2 heterocycles. The largest absolute Gasteiger partial charge is 0.456 e. The summed E-state index contributed by atoms with van der Waals surface area (Å²) >= 11 is 0. The van der Waals surface area contributed by atoms with Crippen LogP contribution >= 0.6 is 0 Å². The molecule has 0 unspecified atom stereocenters. The van der Waals surface area contributed by atoms with Crippen LogP contribution in [0.4, 0.5) is 17.1 Å². The predicted octanol–water partition coefficient (Wildman–Crippen LogP) is 13.0. The van der Waals surface area contributed by atoms with Crippen molar-refractivity contribution in [3.05, 3.63) is 182 Å². The number of rotatable bonds is 5. The summed E-state index contributed by atoms with van der Waals surface area (Å²) in [6.07, 6.45) is 0. The number of fused-ring (bicyclic) bond motifs is 7. The first-order valence-corrected chi connectivity index (χ1v) is 16.7. The van der Waals surface area contributed by atoms with E-state index in [0.717, 1.165) is 55.8 Å². The van der Waals surface area contributed by atoms with E-state index in [9.17, 15) is 0 Å². The number of benzene rings is 8. The standard InChI is InChI=1S/C46H30N2O/c1-3-13-35(14-4-1)47(38-24-25-44-40(30-38)39-17-9-10-18-43(39)48(44)36-15-5-2-6-16-36)37-22-19-31(20-23-37)34-21-26-45-41(28-34)42-27-32-11-7-8-12-33(32)29-46(42)49-45/h1-30H. The van der Waals surface area contributed by atoms with Crippen molar-refractivity contribution in [2.45, 2.75) is 0 Å². The maximum atomic E-state index is 6.28. The van der Waals surface area contributed by atoms with Crippen molar-refractivity contribution in [3.63, 3.8) is 0 Å². The number of aromatic nitrogens is 1. The smallest absolute Gasteiger partial charge is 0.136 e. The molecule has 0 fully saturated rings. The maximum absolute atomic E-state index is 6.28. The third kappa shape index (κ3) is 4.51. The third-order valence-electron chi connectivity index (χ3n) is 9.74. The molecule has 0 bridgehead atoms. The number of nitrogens with zero attached hydrogens (tertiary/aromatic N) is 2. The molecule has 10 aromatic rings. The van der Waals surface area contributed by atoms with E-state index in [-0.39, 0.29) is 0 Å². The quantitative estimate of drug-likeness (QED) is 0.190. The van der Waals surface area contributed by atoms with Gasteiger partial charge < -0.3 is 13.9 Å². The monoisotopic (exact) mass is 626 g/mol. The minimum absolute atomic E-state index is 0.907. The van der Waals surface area contributed by atoms with E-state index in [4.69, 9.17) is 4.42 Å². The first-order valence-electron chi connectivity index (χ1n) is 16.7. The molecule has 0 amide bonds. The Bertz CT molecular complexity index is 2810. The molecule has 0 saturated carbocycles. The molecule has 49 heavy (non-hydrogen) atoms. The van der Waals surface area contributed by atoms with Gasteiger partial charge in [0.25, 0.3) is 0 Å². The Morgan fingerprint density at radius 1 is 0.367 bits per heavy atom. The van der Waals surface area contributed by atoms with Gasteiger partial charge in [-0.15, -0.1) is 0 Å². The summed E-state index contributed by atoms with van der Waals surface area (Å²) in [7, 11) is 0. The molecule has 0 aliphatic carbocycles. The minimum atomic E-state index is 0.907. The number of hydrogen-bond acceptors (Lipinski definition) is 2. The van der Waals surface area contributed by atoms with Gasteiger partial charge in [-0.25, -0.2) is 0 Å². The summed E-state index contributed by atoms with van der Waals surface area (Å²) in [5.74, 6) is 0. The van der Waals surface area contributed by atoms with Crippen LogP contribution in [0, 0.1) is 0 Å². The SMILES string of the molecule is c1ccc(N(c2ccc(-c3ccc4oc5cc6ccccc6cc5c4c3)cc2)c2ccc3c(c2)c2ccccc2n3-c2ccccc2)cc1. The van der Waals surface area contributed by atoms with Gasteiger partial charge in [-0.1, -0.05) is 97.1 Å². The predicted molar refractivity (Wildman–Crippen MR) is 206 cm³/mol. The highest BCUT2D eigenvalue weighted by atomic mass is 16.3. The van der Waals surface area contributed by atoms with Crippen molar-refractivity contribution in [1.82, 2.24) is 4.57 Å². The minimum Gasteiger partial charge on any atom is -0.456 e. The van der Waals surface area contributed by atoms with Crippen LogP contribution in [0.15, 0.2) is 186 Å². The molecule has 3 nitrogen and oxygen atoms in total. The lowest BCUT2D eigenvalue weighted by Crippen LogP contribution is -2.09. The molecule has 0 spiro atoms. The summed E-state index contributed by atoms with van der Waals surface area (Å²) in [5.41, 5.74) is 11.0. The lowest BCUT2D eigenvalue weighted by molar-refractivity contribution is 0.669. The van der Waals surface area contributed by atoms with Crippen molar-refractivity contribution in [2.24, 2.45) is 0 Å². The fourth-order valence-corrected chi connectivity index (χ4v) is 7.42.